The predicted molar refractivity (Wildman–Crippen MR) is 82.7 cm³/mol. The number of aromatic nitrogens is 2. The Kier molecular flexibility index (Phi) is 3.62. The van der Waals surface area contributed by atoms with Gasteiger partial charge >= 0.3 is 6.01 Å². The molecule has 1 aliphatic carbocycles. The summed E-state index contributed by atoms with van der Waals surface area (Å²) in [6.07, 6.45) is 3.35. The number of morpholine rings is 1. The first-order chi connectivity index (χ1) is 11.0. The molecule has 3 heterocycles. The van der Waals surface area contributed by atoms with Crippen LogP contribution in [0.5, 0.6) is 0 Å². The smallest absolute Gasteiger partial charge is 0.318 e. The zero-order chi connectivity index (χ0) is 16.1. The minimum atomic E-state index is -3.16. The zero-order valence-corrected chi connectivity index (χ0v) is 14.1. The van der Waals surface area contributed by atoms with E-state index in [1.165, 1.54) is 0 Å². The Morgan fingerprint density at radius 2 is 2.04 bits per heavy atom. The van der Waals surface area contributed by atoms with E-state index in [0.717, 1.165) is 32.2 Å². The first-order valence-corrected chi connectivity index (χ1v) is 9.67. The van der Waals surface area contributed by atoms with Gasteiger partial charge in [0.25, 0.3) is 0 Å². The van der Waals surface area contributed by atoms with E-state index in [1.807, 2.05) is 4.90 Å². The molecule has 0 N–H and O–H groups in total. The van der Waals surface area contributed by atoms with Crippen LogP contribution in [0, 0.1) is 6.92 Å². The van der Waals surface area contributed by atoms with Gasteiger partial charge in [-0.2, -0.15) is 4.31 Å². The number of sulfonamides is 1. The van der Waals surface area contributed by atoms with Crippen LogP contribution in [0.4, 0.5) is 6.01 Å². The minimum Gasteiger partial charge on any atom is -0.408 e. The largest absolute Gasteiger partial charge is 0.408 e. The van der Waals surface area contributed by atoms with Gasteiger partial charge < -0.3 is 14.1 Å². The van der Waals surface area contributed by atoms with Gasteiger partial charge in [0, 0.05) is 26.6 Å². The van der Waals surface area contributed by atoms with Crippen LogP contribution in [0.2, 0.25) is 0 Å². The highest BCUT2D eigenvalue weighted by atomic mass is 32.2. The topological polar surface area (TPSA) is 88.8 Å². The highest BCUT2D eigenvalue weighted by molar-refractivity contribution is 7.90. The fraction of sp³-hybridized carbons (Fsp3) is 0.857. The Balaban J connectivity index is 1.52. The second kappa shape index (κ2) is 5.42. The van der Waals surface area contributed by atoms with E-state index >= 15 is 0 Å². The van der Waals surface area contributed by atoms with Crippen molar-refractivity contribution >= 4 is 16.0 Å². The zero-order valence-electron chi connectivity index (χ0n) is 13.3. The average Bonchev–Trinajstić information content (AvgIpc) is 3.30. The fourth-order valence-electron chi connectivity index (χ4n) is 3.53. The molecule has 3 aliphatic rings. The van der Waals surface area contributed by atoms with Crippen LogP contribution >= 0.6 is 0 Å². The third kappa shape index (κ3) is 2.85. The highest BCUT2D eigenvalue weighted by Gasteiger charge is 2.48. The van der Waals surface area contributed by atoms with Gasteiger partial charge in [0.2, 0.25) is 15.9 Å². The monoisotopic (exact) mass is 342 g/mol. The molecule has 2 aliphatic heterocycles. The first kappa shape index (κ1) is 15.3. The molecule has 8 nitrogen and oxygen atoms in total. The second-order valence-electron chi connectivity index (χ2n) is 6.74. The first-order valence-electron chi connectivity index (χ1n) is 8.17. The fourth-order valence-corrected chi connectivity index (χ4v) is 5.42. The van der Waals surface area contributed by atoms with Gasteiger partial charge in [-0.1, -0.05) is 5.10 Å². The van der Waals surface area contributed by atoms with Crippen LogP contribution < -0.4 is 4.90 Å². The maximum atomic E-state index is 12.5. The summed E-state index contributed by atoms with van der Waals surface area (Å²) in [6.45, 7) is 4.50. The van der Waals surface area contributed by atoms with Crippen molar-refractivity contribution in [1.29, 1.82) is 0 Å². The summed E-state index contributed by atoms with van der Waals surface area (Å²) in [7, 11) is -3.16. The number of hydrogen-bond donors (Lipinski definition) is 0. The number of nitrogens with zero attached hydrogens (tertiary/aromatic N) is 4. The van der Waals surface area contributed by atoms with Crippen molar-refractivity contribution in [2.45, 2.75) is 43.5 Å². The molecule has 0 aromatic carbocycles. The van der Waals surface area contributed by atoms with Crippen LogP contribution in [0.3, 0.4) is 0 Å². The van der Waals surface area contributed by atoms with Crippen molar-refractivity contribution in [2.75, 3.05) is 37.7 Å². The lowest BCUT2D eigenvalue weighted by molar-refractivity contribution is -0.0955. The molecule has 0 bridgehead atoms. The number of rotatable bonds is 3. The standard InChI is InChI=1S/C14H22N4O4S/c1-11-15-16-13(22-11)17-6-2-5-14(9-17)10-18(7-8-21-14)23(19,20)12-3-4-12/h12H,2-10H2,1H3/t14-/m1/s1. The van der Waals surface area contributed by atoms with Crippen LogP contribution in [0.15, 0.2) is 4.42 Å². The predicted octanol–water partition coefficient (Wildman–Crippen LogP) is 0.541. The van der Waals surface area contributed by atoms with E-state index in [4.69, 9.17) is 9.15 Å². The van der Waals surface area contributed by atoms with Crippen LogP contribution in [0.25, 0.3) is 0 Å². The van der Waals surface area contributed by atoms with Crippen molar-refractivity contribution in [3.63, 3.8) is 0 Å². The molecule has 1 aromatic heterocycles. The van der Waals surface area contributed by atoms with Crippen LogP contribution in [-0.4, -0.2) is 66.6 Å². The average molecular weight is 342 g/mol. The number of piperidine rings is 1. The van der Waals surface area contributed by atoms with Crippen LogP contribution in [-0.2, 0) is 14.8 Å². The summed E-state index contributed by atoms with van der Waals surface area (Å²) in [6, 6.07) is 0.493. The van der Waals surface area contributed by atoms with Gasteiger partial charge in [-0.15, -0.1) is 5.10 Å². The normalized spacial score (nSPS) is 30.0. The van der Waals surface area contributed by atoms with Gasteiger partial charge in [-0.3, -0.25) is 0 Å². The Bertz CT molecular complexity index is 683. The van der Waals surface area contributed by atoms with Crippen molar-refractivity contribution in [2.24, 2.45) is 0 Å². The molecule has 23 heavy (non-hydrogen) atoms. The molecule has 1 spiro atoms. The molecule has 4 rings (SSSR count). The third-order valence-corrected chi connectivity index (χ3v) is 7.19. The van der Waals surface area contributed by atoms with E-state index in [1.54, 1.807) is 11.2 Å². The van der Waals surface area contributed by atoms with Crippen LogP contribution in [0.1, 0.15) is 31.6 Å². The lowest BCUT2D eigenvalue weighted by Gasteiger charge is -2.47. The third-order valence-electron chi connectivity index (χ3n) is 4.84. The second-order valence-corrected chi connectivity index (χ2v) is 8.95. The number of anilines is 1. The van der Waals surface area contributed by atoms with E-state index in [-0.39, 0.29) is 5.25 Å². The number of ether oxygens (including phenoxy) is 1. The molecule has 0 radical (unpaired) electrons. The molecule has 3 fully saturated rings. The van der Waals surface area contributed by atoms with E-state index < -0.39 is 15.6 Å². The lowest BCUT2D eigenvalue weighted by atomic mass is 9.91. The quantitative estimate of drug-likeness (QED) is 0.792. The summed E-state index contributed by atoms with van der Waals surface area (Å²) >= 11 is 0. The summed E-state index contributed by atoms with van der Waals surface area (Å²) in [4.78, 5) is 2.01. The summed E-state index contributed by atoms with van der Waals surface area (Å²) in [5.74, 6) is 0.530. The molecule has 2 saturated heterocycles. The molecule has 0 unspecified atom stereocenters. The van der Waals surface area contributed by atoms with E-state index in [0.29, 0.717) is 38.1 Å². The Labute approximate surface area is 135 Å². The molecule has 9 heteroatoms. The van der Waals surface area contributed by atoms with E-state index in [9.17, 15) is 8.42 Å². The molecular formula is C14H22N4O4S. The molecule has 0 amide bonds. The molecule has 1 aromatic rings. The maximum absolute atomic E-state index is 12.5. The van der Waals surface area contributed by atoms with Gasteiger partial charge in [0.15, 0.2) is 0 Å². The Morgan fingerprint density at radius 1 is 1.22 bits per heavy atom. The lowest BCUT2D eigenvalue weighted by Crippen LogP contribution is -2.61. The SMILES string of the molecule is Cc1nnc(N2CCC[C@@]3(C2)CN(S(=O)(=O)C2CC2)CCO3)o1. The van der Waals surface area contributed by atoms with Gasteiger partial charge in [-0.25, -0.2) is 8.42 Å². The number of hydrogen-bond acceptors (Lipinski definition) is 7. The van der Waals surface area contributed by atoms with Crippen molar-refractivity contribution in [3.8, 4) is 0 Å². The summed E-state index contributed by atoms with van der Waals surface area (Å²) in [5, 5.41) is 7.78. The van der Waals surface area contributed by atoms with Crippen molar-refractivity contribution in [1.82, 2.24) is 14.5 Å². The van der Waals surface area contributed by atoms with Gasteiger partial charge in [0.1, 0.15) is 0 Å². The molecule has 1 saturated carbocycles. The minimum absolute atomic E-state index is 0.170. The van der Waals surface area contributed by atoms with Crippen molar-refractivity contribution < 1.29 is 17.6 Å². The summed E-state index contributed by atoms with van der Waals surface area (Å²) < 4.78 is 38.3. The Hall–Kier alpha value is -1.19. The molecule has 128 valence electrons. The van der Waals surface area contributed by atoms with Gasteiger partial charge in [-0.05, 0) is 25.7 Å². The van der Waals surface area contributed by atoms with Gasteiger partial charge in [0.05, 0.1) is 24.0 Å². The maximum Gasteiger partial charge on any atom is 0.318 e. The van der Waals surface area contributed by atoms with Crippen molar-refractivity contribution in [3.05, 3.63) is 5.89 Å². The highest BCUT2D eigenvalue weighted by Crippen LogP contribution is 2.36. The van der Waals surface area contributed by atoms with E-state index in [2.05, 4.69) is 10.2 Å². The molecule has 1 atom stereocenters. The Morgan fingerprint density at radius 3 is 2.74 bits per heavy atom. The molecular weight excluding hydrogens is 320 g/mol. The number of aryl methyl sites for hydroxylation is 1. The summed E-state index contributed by atoms with van der Waals surface area (Å²) in [5.41, 5.74) is -0.471.